The van der Waals surface area contributed by atoms with Gasteiger partial charge in [-0.05, 0) is 24.4 Å². The Labute approximate surface area is 178 Å². The van der Waals surface area contributed by atoms with Crippen LogP contribution in [0, 0.1) is 11.6 Å². The molecule has 0 saturated heterocycles. The summed E-state index contributed by atoms with van der Waals surface area (Å²) in [6.07, 6.45) is 0. The number of hydrogen-bond acceptors (Lipinski definition) is 3. The molecule has 0 spiro atoms. The third-order valence-electron chi connectivity index (χ3n) is 3.66. The number of carbonyl (C=O) groups is 1. The molecule has 148 valence electrons. The summed E-state index contributed by atoms with van der Waals surface area (Å²) >= 11 is 1.59. The lowest BCUT2D eigenvalue weighted by Crippen LogP contribution is -2.39. The Morgan fingerprint density at radius 1 is 1.30 bits per heavy atom. The van der Waals surface area contributed by atoms with Crippen LogP contribution in [0.5, 0.6) is 0 Å². The molecule has 1 unspecified atom stereocenters. The van der Waals surface area contributed by atoms with Gasteiger partial charge >= 0.3 is 0 Å². The molecule has 0 fully saturated rings. The minimum Gasteiger partial charge on any atom is -0.351 e. The topological polar surface area (TPSA) is 56.7 Å². The van der Waals surface area contributed by atoms with Crippen molar-refractivity contribution in [3.63, 3.8) is 0 Å². The van der Waals surface area contributed by atoms with E-state index in [0.29, 0.717) is 18.1 Å². The van der Waals surface area contributed by atoms with E-state index >= 15 is 0 Å². The largest absolute Gasteiger partial charge is 0.351 e. The Balaban J connectivity index is 0.00000364. The number of hydrogen-bond donors (Lipinski definition) is 2. The van der Waals surface area contributed by atoms with Crippen molar-refractivity contribution >= 4 is 47.2 Å². The molecule has 1 amide bonds. The third-order valence-corrected chi connectivity index (χ3v) is 4.54. The molecule has 1 aromatic carbocycles. The molecule has 27 heavy (non-hydrogen) atoms. The number of halogens is 3. The van der Waals surface area contributed by atoms with Crippen LogP contribution in [0.1, 0.15) is 23.4 Å². The molecule has 0 bridgehead atoms. The fraction of sp³-hybridized carbons (Fsp3) is 0.333. The van der Waals surface area contributed by atoms with Gasteiger partial charge in [-0.2, -0.15) is 0 Å². The maximum Gasteiger partial charge on any atom is 0.243 e. The lowest BCUT2D eigenvalue weighted by molar-refractivity contribution is -0.127. The molecule has 0 saturated carbocycles. The highest BCUT2D eigenvalue weighted by atomic mass is 127. The highest BCUT2D eigenvalue weighted by Gasteiger charge is 2.14. The van der Waals surface area contributed by atoms with Crippen LogP contribution in [-0.4, -0.2) is 37.4 Å². The summed E-state index contributed by atoms with van der Waals surface area (Å²) in [6.45, 7) is 2.23. The minimum absolute atomic E-state index is 0. The first-order valence-electron chi connectivity index (χ1n) is 8.09. The summed E-state index contributed by atoms with van der Waals surface area (Å²) in [7, 11) is 3.31. The van der Waals surface area contributed by atoms with Crippen LogP contribution in [-0.2, 0) is 11.3 Å². The molecule has 5 nitrogen and oxygen atoms in total. The van der Waals surface area contributed by atoms with E-state index in [1.807, 2.05) is 17.5 Å². The van der Waals surface area contributed by atoms with Crippen LogP contribution in [0.3, 0.4) is 0 Å². The standard InChI is InChI=1S/C18H22F2N4OS.HI/c1-12(15-7-6-13(19)9-16(15)20)23-18(22-11-17(25)24(2)3)21-10-14-5-4-8-26-14;/h4-9,12H,10-11H2,1-3H3,(H2,21,22,23);1H. The van der Waals surface area contributed by atoms with Crippen molar-refractivity contribution in [3.05, 3.63) is 57.8 Å². The fourth-order valence-electron chi connectivity index (χ4n) is 2.16. The average molecular weight is 508 g/mol. The smallest absolute Gasteiger partial charge is 0.243 e. The number of nitrogens with one attached hydrogen (secondary N) is 2. The van der Waals surface area contributed by atoms with Gasteiger partial charge in [0, 0.05) is 30.6 Å². The Morgan fingerprint density at radius 2 is 2.04 bits per heavy atom. The van der Waals surface area contributed by atoms with Gasteiger partial charge in [-0.25, -0.2) is 13.8 Å². The summed E-state index contributed by atoms with van der Waals surface area (Å²) in [5, 5.41) is 8.16. The first kappa shape index (κ1) is 23.3. The Kier molecular flexibility index (Phi) is 9.64. The van der Waals surface area contributed by atoms with Gasteiger partial charge in [0.1, 0.15) is 18.2 Å². The van der Waals surface area contributed by atoms with Crippen LogP contribution in [0.25, 0.3) is 0 Å². The summed E-state index contributed by atoms with van der Waals surface area (Å²) in [5.74, 6) is -1.03. The van der Waals surface area contributed by atoms with Crippen molar-refractivity contribution < 1.29 is 13.6 Å². The molecule has 0 aliphatic carbocycles. The number of thiophene rings is 1. The van der Waals surface area contributed by atoms with Crippen LogP contribution < -0.4 is 10.6 Å². The Hall–Kier alpha value is -1.75. The summed E-state index contributed by atoms with van der Waals surface area (Å²) in [6, 6.07) is 6.91. The molecule has 2 aromatic rings. The predicted molar refractivity (Wildman–Crippen MR) is 115 cm³/mol. The molecule has 9 heteroatoms. The summed E-state index contributed by atoms with van der Waals surface area (Å²) in [5.41, 5.74) is 0.316. The van der Waals surface area contributed by atoms with E-state index in [9.17, 15) is 13.6 Å². The maximum atomic E-state index is 14.0. The lowest BCUT2D eigenvalue weighted by atomic mass is 10.1. The van der Waals surface area contributed by atoms with Crippen LogP contribution >= 0.6 is 35.3 Å². The molecule has 2 rings (SSSR count). The molecular formula is C18H23F2IN4OS. The maximum absolute atomic E-state index is 14.0. The quantitative estimate of drug-likeness (QED) is 0.357. The molecular weight excluding hydrogens is 485 g/mol. The van der Waals surface area contributed by atoms with Gasteiger partial charge in [-0.1, -0.05) is 12.1 Å². The second-order valence-electron chi connectivity index (χ2n) is 5.92. The molecule has 0 aliphatic rings. The highest BCUT2D eigenvalue weighted by molar-refractivity contribution is 14.0. The first-order valence-corrected chi connectivity index (χ1v) is 8.97. The van der Waals surface area contributed by atoms with E-state index in [1.165, 1.54) is 17.0 Å². The SMILES string of the molecule is CC(NC(=NCC(=O)N(C)C)NCc1cccs1)c1ccc(F)cc1F.I. The van der Waals surface area contributed by atoms with Crippen molar-refractivity contribution in [2.24, 2.45) is 4.99 Å². The third kappa shape index (κ3) is 7.41. The van der Waals surface area contributed by atoms with E-state index in [0.717, 1.165) is 10.9 Å². The van der Waals surface area contributed by atoms with E-state index in [-0.39, 0.29) is 36.4 Å². The normalized spacial score (nSPS) is 12.1. The van der Waals surface area contributed by atoms with Gasteiger partial charge in [-0.15, -0.1) is 35.3 Å². The van der Waals surface area contributed by atoms with Gasteiger partial charge in [0.25, 0.3) is 0 Å². The van der Waals surface area contributed by atoms with Crippen molar-refractivity contribution in [1.29, 1.82) is 0 Å². The second kappa shape index (κ2) is 11.2. The van der Waals surface area contributed by atoms with Gasteiger partial charge in [0.05, 0.1) is 12.6 Å². The Bertz CT molecular complexity index is 769. The second-order valence-corrected chi connectivity index (χ2v) is 6.95. The van der Waals surface area contributed by atoms with Crippen molar-refractivity contribution in [2.75, 3.05) is 20.6 Å². The first-order chi connectivity index (χ1) is 12.4. The lowest BCUT2D eigenvalue weighted by Gasteiger charge is -2.19. The van der Waals surface area contributed by atoms with Crippen LogP contribution in [0.15, 0.2) is 40.7 Å². The molecule has 1 aromatic heterocycles. The van der Waals surface area contributed by atoms with Gasteiger partial charge < -0.3 is 15.5 Å². The van der Waals surface area contributed by atoms with Crippen molar-refractivity contribution in [1.82, 2.24) is 15.5 Å². The predicted octanol–water partition coefficient (Wildman–Crippen LogP) is 3.53. The number of aliphatic imine (C=N–C) groups is 1. The number of likely N-dealkylation sites (N-methyl/N-ethyl adjacent to an activating group) is 1. The molecule has 1 heterocycles. The molecule has 0 radical (unpaired) electrons. The minimum atomic E-state index is -0.632. The van der Waals surface area contributed by atoms with Gasteiger partial charge in [0.15, 0.2) is 5.96 Å². The van der Waals surface area contributed by atoms with E-state index in [2.05, 4.69) is 15.6 Å². The average Bonchev–Trinajstić information content (AvgIpc) is 3.10. The highest BCUT2D eigenvalue weighted by Crippen LogP contribution is 2.17. The van der Waals surface area contributed by atoms with E-state index in [4.69, 9.17) is 0 Å². The zero-order valence-electron chi connectivity index (χ0n) is 15.3. The number of rotatable bonds is 6. The number of guanidine groups is 1. The Morgan fingerprint density at radius 3 is 2.63 bits per heavy atom. The van der Waals surface area contributed by atoms with E-state index < -0.39 is 17.7 Å². The van der Waals surface area contributed by atoms with Crippen molar-refractivity contribution in [2.45, 2.75) is 19.5 Å². The molecule has 0 aliphatic heterocycles. The zero-order valence-corrected chi connectivity index (χ0v) is 18.5. The number of amides is 1. The number of carbonyl (C=O) groups excluding carboxylic acids is 1. The van der Waals surface area contributed by atoms with Crippen molar-refractivity contribution in [3.8, 4) is 0 Å². The molecule has 1 atom stereocenters. The monoisotopic (exact) mass is 508 g/mol. The van der Waals surface area contributed by atoms with Crippen LogP contribution in [0.2, 0.25) is 0 Å². The number of benzene rings is 1. The number of nitrogens with zero attached hydrogens (tertiary/aromatic N) is 2. The van der Waals surface area contributed by atoms with E-state index in [1.54, 1.807) is 32.4 Å². The van der Waals surface area contributed by atoms with Gasteiger partial charge in [0.2, 0.25) is 5.91 Å². The molecule has 2 N–H and O–H groups in total. The van der Waals surface area contributed by atoms with Gasteiger partial charge in [-0.3, -0.25) is 4.79 Å². The fourth-order valence-corrected chi connectivity index (χ4v) is 2.80. The summed E-state index contributed by atoms with van der Waals surface area (Å²) < 4.78 is 27.1. The zero-order chi connectivity index (χ0) is 19.1. The van der Waals surface area contributed by atoms with Crippen LogP contribution in [0.4, 0.5) is 8.78 Å². The summed E-state index contributed by atoms with van der Waals surface area (Å²) in [4.78, 5) is 18.6.